The molecular weight excluding hydrogens is 326 g/mol. The molecule has 2 rings (SSSR count). The lowest BCUT2D eigenvalue weighted by Crippen LogP contribution is -2.46. The lowest BCUT2D eigenvalue weighted by atomic mass is 10.0. The molecule has 8 heteroatoms. The second-order valence-corrected chi connectivity index (χ2v) is 6.05. The van der Waals surface area contributed by atoms with Crippen LogP contribution in [-0.4, -0.2) is 60.7 Å². The summed E-state index contributed by atoms with van der Waals surface area (Å²) in [5, 5.41) is 2.96. The van der Waals surface area contributed by atoms with E-state index in [2.05, 4.69) is 10.3 Å². The van der Waals surface area contributed by atoms with Crippen molar-refractivity contribution in [1.82, 2.24) is 15.2 Å². The molecule has 138 valence electrons. The molecule has 0 atom stereocenters. The number of esters is 1. The Bertz CT molecular complexity index is 659. The van der Waals surface area contributed by atoms with Gasteiger partial charge in [-0.05, 0) is 39.2 Å². The third kappa shape index (κ3) is 4.12. The first-order chi connectivity index (χ1) is 11.9. The lowest BCUT2D eigenvalue weighted by Gasteiger charge is -2.31. The van der Waals surface area contributed by atoms with Gasteiger partial charge in [-0.3, -0.25) is 4.79 Å². The summed E-state index contributed by atoms with van der Waals surface area (Å²) in [5.74, 6) is -0.724. The van der Waals surface area contributed by atoms with Crippen molar-refractivity contribution in [2.24, 2.45) is 0 Å². The Balaban J connectivity index is 1.98. The van der Waals surface area contributed by atoms with Crippen molar-refractivity contribution in [2.45, 2.75) is 39.7 Å². The van der Waals surface area contributed by atoms with Crippen LogP contribution in [0, 0.1) is 13.8 Å². The van der Waals surface area contributed by atoms with Gasteiger partial charge in [0.15, 0.2) is 0 Å². The quantitative estimate of drug-likeness (QED) is 0.805. The van der Waals surface area contributed by atoms with Crippen LogP contribution >= 0.6 is 0 Å². The van der Waals surface area contributed by atoms with Gasteiger partial charge in [0.2, 0.25) is 0 Å². The molecule has 2 heterocycles. The smallest absolute Gasteiger partial charge is 0.409 e. The van der Waals surface area contributed by atoms with Crippen LogP contribution in [0.15, 0.2) is 0 Å². The van der Waals surface area contributed by atoms with Crippen LogP contribution in [0.5, 0.6) is 0 Å². The Morgan fingerprint density at radius 1 is 1.24 bits per heavy atom. The van der Waals surface area contributed by atoms with Crippen LogP contribution < -0.4 is 5.32 Å². The molecule has 0 spiro atoms. The molecule has 0 bridgehead atoms. The van der Waals surface area contributed by atoms with E-state index < -0.39 is 5.97 Å². The van der Waals surface area contributed by atoms with E-state index in [-0.39, 0.29) is 18.0 Å². The average Bonchev–Trinajstić information content (AvgIpc) is 2.89. The Kier molecular flexibility index (Phi) is 6.06. The molecule has 1 aromatic heterocycles. The van der Waals surface area contributed by atoms with Gasteiger partial charge < -0.3 is 24.7 Å². The lowest BCUT2D eigenvalue weighted by molar-refractivity contribution is 0.0599. The molecule has 0 unspecified atom stereocenters. The van der Waals surface area contributed by atoms with Crippen molar-refractivity contribution in [3.8, 4) is 0 Å². The van der Waals surface area contributed by atoms with Gasteiger partial charge in [0, 0.05) is 24.8 Å². The fraction of sp³-hybridized carbons (Fsp3) is 0.588. The minimum Gasteiger partial charge on any atom is -0.465 e. The summed E-state index contributed by atoms with van der Waals surface area (Å²) in [6.07, 6.45) is 1.01. The highest BCUT2D eigenvalue weighted by Crippen LogP contribution is 2.20. The standard InChI is InChI=1S/C17H25N3O5/c1-5-25-17(23)20-8-6-12(7-9-20)19-15(21)14-10(2)13(11(3)18-14)16(22)24-4/h12,18H,5-9H2,1-4H3,(H,19,21). The molecule has 1 aromatic rings. The first-order valence-electron chi connectivity index (χ1n) is 8.39. The number of likely N-dealkylation sites (tertiary alicyclic amines) is 1. The number of nitrogens with zero attached hydrogens (tertiary/aromatic N) is 1. The van der Waals surface area contributed by atoms with Crippen LogP contribution in [0.4, 0.5) is 4.79 Å². The molecule has 1 aliphatic heterocycles. The first-order valence-corrected chi connectivity index (χ1v) is 8.39. The number of carbonyl (C=O) groups is 3. The van der Waals surface area contributed by atoms with E-state index >= 15 is 0 Å². The van der Waals surface area contributed by atoms with E-state index in [9.17, 15) is 14.4 Å². The largest absolute Gasteiger partial charge is 0.465 e. The van der Waals surface area contributed by atoms with Gasteiger partial charge in [-0.25, -0.2) is 9.59 Å². The highest BCUT2D eigenvalue weighted by atomic mass is 16.6. The van der Waals surface area contributed by atoms with Crippen LogP contribution in [0.25, 0.3) is 0 Å². The molecule has 2 amide bonds. The van der Waals surface area contributed by atoms with E-state index in [0.717, 1.165) is 0 Å². The Morgan fingerprint density at radius 3 is 2.44 bits per heavy atom. The number of hydrogen-bond acceptors (Lipinski definition) is 5. The predicted octanol–water partition coefficient (Wildman–Crippen LogP) is 1.77. The van der Waals surface area contributed by atoms with Gasteiger partial charge in [-0.2, -0.15) is 0 Å². The number of aromatic amines is 1. The number of rotatable bonds is 4. The summed E-state index contributed by atoms with van der Waals surface area (Å²) in [6, 6.07) is -0.0252. The zero-order valence-electron chi connectivity index (χ0n) is 15.1. The Hall–Kier alpha value is -2.51. The summed E-state index contributed by atoms with van der Waals surface area (Å²) in [7, 11) is 1.31. The normalized spacial score (nSPS) is 15.0. The van der Waals surface area contributed by atoms with Crippen molar-refractivity contribution in [2.75, 3.05) is 26.8 Å². The minimum atomic E-state index is -0.465. The molecule has 0 aromatic carbocycles. The van der Waals surface area contributed by atoms with E-state index in [1.807, 2.05) is 0 Å². The Morgan fingerprint density at radius 2 is 1.88 bits per heavy atom. The van der Waals surface area contributed by atoms with E-state index in [4.69, 9.17) is 9.47 Å². The van der Waals surface area contributed by atoms with Gasteiger partial charge in [-0.15, -0.1) is 0 Å². The topological polar surface area (TPSA) is 101 Å². The van der Waals surface area contributed by atoms with Crippen molar-refractivity contribution in [1.29, 1.82) is 0 Å². The zero-order chi connectivity index (χ0) is 18.6. The number of aryl methyl sites for hydroxylation is 1. The SMILES string of the molecule is CCOC(=O)N1CCC(NC(=O)c2[nH]c(C)c(C(=O)OC)c2C)CC1. The van der Waals surface area contributed by atoms with Gasteiger partial charge in [0.25, 0.3) is 5.91 Å². The molecule has 0 saturated carbocycles. The van der Waals surface area contributed by atoms with Crippen molar-refractivity contribution < 1.29 is 23.9 Å². The average molecular weight is 351 g/mol. The summed E-state index contributed by atoms with van der Waals surface area (Å²) in [4.78, 5) is 40.6. The van der Waals surface area contributed by atoms with Gasteiger partial charge >= 0.3 is 12.1 Å². The number of H-pyrrole nitrogens is 1. The van der Waals surface area contributed by atoms with E-state index in [1.54, 1.807) is 25.7 Å². The third-order valence-electron chi connectivity index (χ3n) is 4.41. The molecule has 0 aliphatic carbocycles. The number of nitrogens with one attached hydrogen (secondary N) is 2. The molecule has 1 fully saturated rings. The van der Waals surface area contributed by atoms with Crippen molar-refractivity contribution in [3.63, 3.8) is 0 Å². The number of hydrogen-bond donors (Lipinski definition) is 2. The molecule has 25 heavy (non-hydrogen) atoms. The van der Waals surface area contributed by atoms with E-state index in [1.165, 1.54) is 7.11 Å². The summed E-state index contributed by atoms with van der Waals surface area (Å²) in [6.45, 7) is 6.65. The molecule has 1 saturated heterocycles. The van der Waals surface area contributed by atoms with Crippen molar-refractivity contribution >= 4 is 18.0 Å². The van der Waals surface area contributed by atoms with Crippen LogP contribution in [0.2, 0.25) is 0 Å². The Labute approximate surface area is 146 Å². The maximum absolute atomic E-state index is 12.5. The van der Waals surface area contributed by atoms with Crippen LogP contribution in [-0.2, 0) is 9.47 Å². The number of amides is 2. The summed E-state index contributed by atoms with van der Waals surface area (Å²) < 4.78 is 9.74. The maximum atomic E-state index is 12.5. The summed E-state index contributed by atoms with van der Waals surface area (Å²) >= 11 is 0. The number of piperidine rings is 1. The van der Waals surface area contributed by atoms with Gasteiger partial charge in [0.1, 0.15) is 5.69 Å². The van der Waals surface area contributed by atoms with Gasteiger partial charge in [-0.1, -0.05) is 0 Å². The van der Waals surface area contributed by atoms with Crippen molar-refractivity contribution in [3.05, 3.63) is 22.5 Å². The summed E-state index contributed by atoms with van der Waals surface area (Å²) in [5.41, 5.74) is 1.94. The monoisotopic (exact) mass is 351 g/mol. The maximum Gasteiger partial charge on any atom is 0.409 e. The fourth-order valence-electron chi connectivity index (χ4n) is 3.06. The van der Waals surface area contributed by atoms with Crippen LogP contribution in [0.3, 0.4) is 0 Å². The minimum absolute atomic E-state index is 0.0252. The molecule has 0 radical (unpaired) electrons. The predicted molar refractivity (Wildman–Crippen MR) is 90.7 cm³/mol. The zero-order valence-corrected chi connectivity index (χ0v) is 15.1. The third-order valence-corrected chi connectivity index (χ3v) is 4.41. The first kappa shape index (κ1) is 18.8. The number of methoxy groups -OCH3 is 1. The number of carbonyl (C=O) groups excluding carboxylic acids is 3. The highest BCUT2D eigenvalue weighted by molar-refractivity contribution is 6.00. The molecular formula is C17H25N3O5. The second kappa shape index (κ2) is 8.04. The molecule has 2 N–H and O–H groups in total. The highest BCUT2D eigenvalue weighted by Gasteiger charge is 2.27. The van der Waals surface area contributed by atoms with Gasteiger partial charge in [0.05, 0.1) is 19.3 Å². The fourth-order valence-corrected chi connectivity index (χ4v) is 3.06. The van der Waals surface area contributed by atoms with E-state index in [0.29, 0.717) is 55.1 Å². The molecule has 1 aliphatic rings. The number of aromatic nitrogens is 1. The number of ether oxygens (including phenoxy) is 2. The second-order valence-electron chi connectivity index (χ2n) is 6.05. The molecule has 8 nitrogen and oxygen atoms in total. The van der Waals surface area contributed by atoms with Crippen LogP contribution in [0.1, 0.15) is 51.9 Å².